The van der Waals surface area contributed by atoms with Gasteiger partial charge >= 0.3 is 0 Å². The lowest BCUT2D eigenvalue weighted by Gasteiger charge is -2.41. The van der Waals surface area contributed by atoms with E-state index in [4.69, 9.17) is 0 Å². The van der Waals surface area contributed by atoms with Crippen LogP contribution >= 0.6 is 0 Å². The average Bonchev–Trinajstić information content (AvgIpc) is 2.72. The summed E-state index contributed by atoms with van der Waals surface area (Å²) in [4.78, 5) is 45.3. The standard InChI is InChI=1S/C17H16N6O8/c1-11-10-18(14-4-2-12(20(24)25)8-16(14)22(28)29)6-7-19(11)15-5-3-13(21(26)27)9-17(15)23(30)31/h2-5,8-9,11H,6-7,10H2,1H3/t11-/m1/s1. The Morgan fingerprint density at radius 2 is 1.23 bits per heavy atom. The predicted molar refractivity (Wildman–Crippen MR) is 109 cm³/mol. The number of benzene rings is 2. The number of piperazine rings is 1. The summed E-state index contributed by atoms with van der Waals surface area (Å²) in [7, 11) is 0. The van der Waals surface area contributed by atoms with E-state index in [0.29, 0.717) is 0 Å². The highest BCUT2D eigenvalue weighted by Gasteiger charge is 2.33. The highest BCUT2D eigenvalue weighted by Crippen LogP contribution is 2.37. The largest absolute Gasteiger partial charge is 0.362 e. The summed E-state index contributed by atoms with van der Waals surface area (Å²) < 4.78 is 0. The van der Waals surface area contributed by atoms with Gasteiger partial charge in [0.2, 0.25) is 0 Å². The minimum Gasteiger partial charge on any atom is -0.362 e. The molecule has 14 heteroatoms. The maximum absolute atomic E-state index is 11.5. The van der Waals surface area contributed by atoms with Gasteiger partial charge in [0.1, 0.15) is 11.4 Å². The molecule has 0 radical (unpaired) electrons. The van der Waals surface area contributed by atoms with Gasteiger partial charge in [0.15, 0.2) is 0 Å². The third-order valence-electron chi connectivity index (χ3n) is 5.01. The molecule has 1 saturated heterocycles. The van der Waals surface area contributed by atoms with Crippen LogP contribution in [0, 0.1) is 40.5 Å². The molecule has 0 spiro atoms. The van der Waals surface area contributed by atoms with Gasteiger partial charge in [0.25, 0.3) is 22.7 Å². The summed E-state index contributed by atoms with van der Waals surface area (Å²) in [5.41, 5.74) is -1.19. The molecule has 1 aliphatic heterocycles. The van der Waals surface area contributed by atoms with Gasteiger partial charge < -0.3 is 9.80 Å². The maximum Gasteiger partial charge on any atom is 0.299 e. The van der Waals surface area contributed by atoms with E-state index >= 15 is 0 Å². The second-order valence-electron chi connectivity index (χ2n) is 6.86. The van der Waals surface area contributed by atoms with Crippen LogP contribution in [0.3, 0.4) is 0 Å². The molecular formula is C17H16N6O8. The number of rotatable bonds is 6. The van der Waals surface area contributed by atoms with E-state index in [1.807, 2.05) is 0 Å². The van der Waals surface area contributed by atoms with Gasteiger partial charge in [-0.2, -0.15) is 0 Å². The fraction of sp³-hybridized carbons (Fsp3) is 0.294. The van der Waals surface area contributed by atoms with Crippen molar-refractivity contribution < 1.29 is 19.7 Å². The first-order valence-corrected chi connectivity index (χ1v) is 8.97. The Labute approximate surface area is 173 Å². The van der Waals surface area contributed by atoms with E-state index in [2.05, 4.69) is 0 Å². The van der Waals surface area contributed by atoms with Gasteiger partial charge in [0.05, 0.1) is 31.8 Å². The van der Waals surface area contributed by atoms with E-state index in [9.17, 15) is 40.5 Å². The van der Waals surface area contributed by atoms with Crippen molar-refractivity contribution in [1.82, 2.24) is 0 Å². The molecule has 31 heavy (non-hydrogen) atoms. The lowest BCUT2D eigenvalue weighted by atomic mass is 10.1. The Morgan fingerprint density at radius 1 is 0.742 bits per heavy atom. The Morgan fingerprint density at radius 3 is 1.68 bits per heavy atom. The molecule has 1 heterocycles. The van der Waals surface area contributed by atoms with Crippen LogP contribution in [-0.2, 0) is 0 Å². The van der Waals surface area contributed by atoms with Gasteiger partial charge in [-0.15, -0.1) is 0 Å². The van der Waals surface area contributed by atoms with Crippen molar-refractivity contribution in [2.75, 3.05) is 29.4 Å². The van der Waals surface area contributed by atoms with Crippen molar-refractivity contribution >= 4 is 34.1 Å². The third kappa shape index (κ3) is 4.17. The number of nitro benzene ring substituents is 4. The number of hydrogen-bond acceptors (Lipinski definition) is 10. The topological polar surface area (TPSA) is 179 Å². The van der Waals surface area contributed by atoms with Gasteiger partial charge in [-0.1, -0.05) is 0 Å². The molecule has 0 bridgehead atoms. The summed E-state index contributed by atoms with van der Waals surface area (Å²) in [6.07, 6.45) is 0. The van der Waals surface area contributed by atoms with Crippen molar-refractivity contribution in [3.8, 4) is 0 Å². The quantitative estimate of drug-likeness (QED) is 0.486. The molecule has 0 N–H and O–H groups in total. The Kier molecular flexibility index (Phi) is 5.63. The molecule has 1 aliphatic rings. The Hall–Kier alpha value is -4.36. The van der Waals surface area contributed by atoms with Crippen LogP contribution < -0.4 is 9.80 Å². The monoisotopic (exact) mass is 432 g/mol. The molecule has 0 saturated carbocycles. The van der Waals surface area contributed by atoms with Gasteiger partial charge in [-0.25, -0.2) is 0 Å². The van der Waals surface area contributed by atoms with Crippen molar-refractivity contribution in [1.29, 1.82) is 0 Å². The average molecular weight is 432 g/mol. The lowest BCUT2D eigenvalue weighted by molar-refractivity contribution is -0.394. The first kappa shape index (κ1) is 21.4. The van der Waals surface area contributed by atoms with Crippen LogP contribution in [0.25, 0.3) is 0 Å². The van der Waals surface area contributed by atoms with E-state index in [1.165, 1.54) is 24.3 Å². The lowest BCUT2D eigenvalue weighted by Crippen LogP contribution is -2.52. The number of nitro groups is 4. The van der Waals surface area contributed by atoms with E-state index in [-0.39, 0.29) is 37.1 Å². The van der Waals surface area contributed by atoms with Crippen LogP contribution in [0.1, 0.15) is 6.92 Å². The van der Waals surface area contributed by atoms with E-state index < -0.39 is 42.4 Å². The number of hydrogen-bond donors (Lipinski definition) is 0. The number of nitrogens with zero attached hydrogens (tertiary/aromatic N) is 6. The van der Waals surface area contributed by atoms with Crippen molar-refractivity contribution in [2.45, 2.75) is 13.0 Å². The normalized spacial score (nSPS) is 16.1. The van der Waals surface area contributed by atoms with Crippen LogP contribution in [0.4, 0.5) is 34.1 Å². The molecule has 1 atom stereocenters. The zero-order chi connectivity index (χ0) is 22.9. The van der Waals surface area contributed by atoms with E-state index in [0.717, 1.165) is 12.1 Å². The fourth-order valence-corrected chi connectivity index (χ4v) is 3.59. The highest BCUT2D eigenvalue weighted by atomic mass is 16.6. The summed E-state index contributed by atoms with van der Waals surface area (Å²) in [6.45, 7) is 2.49. The molecule has 2 aromatic rings. The van der Waals surface area contributed by atoms with Crippen LogP contribution in [0.15, 0.2) is 36.4 Å². The molecular weight excluding hydrogens is 416 g/mol. The smallest absolute Gasteiger partial charge is 0.299 e. The van der Waals surface area contributed by atoms with Crippen LogP contribution in [0.5, 0.6) is 0 Å². The van der Waals surface area contributed by atoms with Crippen molar-refractivity contribution in [3.05, 3.63) is 76.9 Å². The second-order valence-corrected chi connectivity index (χ2v) is 6.86. The van der Waals surface area contributed by atoms with E-state index in [1.54, 1.807) is 16.7 Å². The molecule has 162 valence electrons. The molecule has 2 aromatic carbocycles. The zero-order valence-corrected chi connectivity index (χ0v) is 16.1. The predicted octanol–water partition coefficient (Wildman–Crippen LogP) is 3.03. The summed E-state index contributed by atoms with van der Waals surface area (Å²) in [5.74, 6) is 0. The molecule has 0 aromatic heterocycles. The van der Waals surface area contributed by atoms with Crippen LogP contribution in [0.2, 0.25) is 0 Å². The molecule has 0 amide bonds. The Bertz CT molecular complexity index is 1090. The SMILES string of the molecule is C[C@@H]1CN(c2ccc([N+](=O)[O-])cc2[N+](=O)[O-])CCN1c1ccc([N+](=O)[O-])cc1[N+](=O)[O-]. The third-order valence-corrected chi connectivity index (χ3v) is 5.01. The zero-order valence-electron chi connectivity index (χ0n) is 16.1. The molecule has 1 fully saturated rings. The van der Waals surface area contributed by atoms with Gasteiger partial charge in [-0.3, -0.25) is 40.5 Å². The number of non-ortho nitro benzene ring substituents is 2. The molecule has 0 unspecified atom stereocenters. The molecule has 14 nitrogen and oxygen atoms in total. The second kappa shape index (κ2) is 8.17. The van der Waals surface area contributed by atoms with Crippen molar-refractivity contribution in [3.63, 3.8) is 0 Å². The summed E-state index contributed by atoms with van der Waals surface area (Å²) in [6, 6.07) is 6.44. The van der Waals surface area contributed by atoms with Gasteiger partial charge in [0, 0.05) is 37.8 Å². The summed E-state index contributed by atoms with van der Waals surface area (Å²) >= 11 is 0. The summed E-state index contributed by atoms with van der Waals surface area (Å²) in [5, 5.41) is 44.8. The fourth-order valence-electron chi connectivity index (χ4n) is 3.59. The van der Waals surface area contributed by atoms with Gasteiger partial charge in [-0.05, 0) is 19.1 Å². The van der Waals surface area contributed by atoms with Crippen LogP contribution in [-0.4, -0.2) is 45.4 Å². The minimum atomic E-state index is -0.717. The number of anilines is 2. The molecule has 3 rings (SSSR count). The first-order chi connectivity index (χ1) is 14.6. The first-order valence-electron chi connectivity index (χ1n) is 8.97. The minimum absolute atomic E-state index is 0.209. The van der Waals surface area contributed by atoms with Crippen molar-refractivity contribution in [2.24, 2.45) is 0 Å². The Balaban J connectivity index is 1.90. The molecule has 0 aliphatic carbocycles. The maximum atomic E-state index is 11.5. The highest BCUT2D eigenvalue weighted by molar-refractivity contribution is 5.70.